The van der Waals surface area contributed by atoms with Crippen molar-refractivity contribution in [2.24, 2.45) is 0 Å². The molecule has 7 nitrogen and oxygen atoms in total. The fourth-order valence-corrected chi connectivity index (χ4v) is 3.62. The zero-order valence-corrected chi connectivity index (χ0v) is 16.8. The van der Waals surface area contributed by atoms with Crippen molar-refractivity contribution < 1.29 is 23.5 Å². The highest BCUT2D eigenvalue weighted by atomic mass is 16.5. The zero-order chi connectivity index (χ0) is 21.1. The second kappa shape index (κ2) is 8.32. The maximum Gasteiger partial charge on any atom is 0.290 e. The fraction of sp³-hybridized carbons (Fsp3) is 0.217. The average Bonchev–Trinajstić information content (AvgIpc) is 3.32. The summed E-state index contributed by atoms with van der Waals surface area (Å²) in [5.74, 6) is 0.706. The summed E-state index contributed by atoms with van der Waals surface area (Å²) < 4.78 is 15.8. The van der Waals surface area contributed by atoms with Crippen molar-refractivity contribution >= 4 is 17.5 Å². The van der Waals surface area contributed by atoms with Gasteiger partial charge in [-0.3, -0.25) is 9.59 Å². The summed E-state index contributed by atoms with van der Waals surface area (Å²) in [6.07, 6.45) is 1.86. The van der Waals surface area contributed by atoms with E-state index in [2.05, 4.69) is 5.32 Å². The van der Waals surface area contributed by atoms with Crippen LogP contribution in [0.1, 0.15) is 21.7 Å². The van der Waals surface area contributed by atoms with E-state index in [1.165, 1.54) is 6.26 Å². The number of hydrogen-bond acceptors (Lipinski definition) is 5. The standard InChI is InChI=1S/C23H22N2O5/c1-28-18-11-17(12-19(13-18)29-2)24-22(26)20-10-15-6-3-4-7-16(15)14-25(20)23(27)21-8-5-9-30-21/h3-9,11-13,20H,10,14H2,1-2H3,(H,24,26). The van der Waals surface area contributed by atoms with Crippen LogP contribution < -0.4 is 14.8 Å². The van der Waals surface area contributed by atoms with E-state index >= 15 is 0 Å². The van der Waals surface area contributed by atoms with Gasteiger partial charge in [0.05, 0.1) is 20.5 Å². The van der Waals surface area contributed by atoms with Crippen LogP contribution in [0.5, 0.6) is 11.5 Å². The Morgan fingerprint density at radius 1 is 1.00 bits per heavy atom. The number of anilines is 1. The number of furan rings is 1. The van der Waals surface area contributed by atoms with Gasteiger partial charge >= 0.3 is 0 Å². The molecule has 1 unspecified atom stereocenters. The van der Waals surface area contributed by atoms with Gasteiger partial charge in [-0.25, -0.2) is 0 Å². The second-order valence-corrected chi connectivity index (χ2v) is 6.99. The molecule has 0 aliphatic carbocycles. The summed E-state index contributed by atoms with van der Waals surface area (Å²) in [5.41, 5.74) is 2.59. The Hall–Kier alpha value is -3.74. The quantitative estimate of drug-likeness (QED) is 0.701. The Balaban J connectivity index is 1.64. The van der Waals surface area contributed by atoms with E-state index in [1.54, 1.807) is 49.5 Å². The third kappa shape index (κ3) is 3.87. The highest BCUT2D eigenvalue weighted by molar-refractivity contribution is 6.00. The number of ether oxygens (including phenoxy) is 2. The van der Waals surface area contributed by atoms with Gasteiger partial charge in [0.15, 0.2) is 5.76 Å². The molecule has 7 heteroatoms. The van der Waals surface area contributed by atoms with Crippen molar-refractivity contribution in [1.29, 1.82) is 0 Å². The number of fused-ring (bicyclic) bond motifs is 1. The van der Waals surface area contributed by atoms with Crippen molar-refractivity contribution in [2.75, 3.05) is 19.5 Å². The molecule has 154 valence electrons. The van der Waals surface area contributed by atoms with Gasteiger partial charge in [-0.2, -0.15) is 0 Å². The molecule has 0 saturated carbocycles. The number of carbonyl (C=O) groups is 2. The SMILES string of the molecule is COc1cc(NC(=O)C2Cc3ccccc3CN2C(=O)c2ccco2)cc(OC)c1. The van der Waals surface area contributed by atoms with Crippen LogP contribution in [0.3, 0.4) is 0 Å². The molecule has 0 radical (unpaired) electrons. The first-order chi connectivity index (χ1) is 14.6. The molecule has 2 amide bonds. The summed E-state index contributed by atoms with van der Waals surface area (Å²) in [5, 5.41) is 2.90. The highest BCUT2D eigenvalue weighted by Crippen LogP contribution is 2.29. The lowest BCUT2D eigenvalue weighted by Gasteiger charge is -2.35. The topological polar surface area (TPSA) is 81.0 Å². The van der Waals surface area contributed by atoms with E-state index in [4.69, 9.17) is 13.9 Å². The number of nitrogens with one attached hydrogen (secondary N) is 1. The van der Waals surface area contributed by atoms with Crippen LogP contribution >= 0.6 is 0 Å². The summed E-state index contributed by atoms with van der Waals surface area (Å²) in [6, 6.07) is 15.5. The Bertz CT molecular complexity index is 1040. The van der Waals surface area contributed by atoms with Gasteiger partial charge in [0.25, 0.3) is 5.91 Å². The molecule has 3 aromatic rings. The number of methoxy groups -OCH3 is 2. The minimum absolute atomic E-state index is 0.204. The van der Waals surface area contributed by atoms with Gasteiger partial charge in [0.1, 0.15) is 17.5 Å². The van der Waals surface area contributed by atoms with Crippen molar-refractivity contribution in [3.05, 3.63) is 77.7 Å². The van der Waals surface area contributed by atoms with Crippen molar-refractivity contribution in [1.82, 2.24) is 4.90 Å². The van der Waals surface area contributed by atoms with Crippen LogP contribution in [0.15, 0.2) is 65.3 Å². The van der Waals surface area contributed by atoms with E-state index < -0.39 is 6.04 Å². The molecule has 1 N–H and O–H groups in total. The van der Waals surface area contributed by atoms with Crippen LogP contribution in [-0.4, -0.2) is 37.0 Å². The number of nitrogens with zero attached hydrogens (tertiary/aromatic N) is 1. The first kappa shape index (κ1) is 19.6. The molecule has 4 rings (SSSR count). The molecule has 1 aromatic heterocycles. The van der Waals surface area contributed by atoms with E-state index in [0.717, 1.165) is 11.1 Å². The van der Waals surface area contributed by atoms with Gasteiger partial charge in [-0.1, -0.05) is 24.3 Å². The van der Waals surface area contributed by atoms with Gasteiger partial charge in [0.2, 0.25) is 5.91 Å². The number of carbonyl (C=O) groups excluding carboxylic acids is 2. The molecule has 0 bridgehead atoms. The molecule has 0 spiro atoms. The lowest BCUT2D eigenvalue weighted by atomic mass is 9.93. The third-order valence-electron chi connectivity index (χ3n) is 5.16. The Labute approximate surface area is 174 Å². The predicted molar refractivity (Wildman–Crippen MR) is 111 cm³/mol. The van der Waals surface area contributed by atoms with Crippen LogP contribution in [0.2, 0.25) is 0 Å². The first-order valence-corrected chi connectivity index (χ1v) is 9.54. The number of amides is 2. The van der Waals surface area contributed by atoms with Crippen LogP contribution in [0, 0.1) is 0 Å². The average molecular weight is 406 g/mol. The zero-order valence-electron chi connectivity index (χ0n) is 16.8. The van der Waals surface area contributed by atoms with Crippen LogP contribution in [-0.2, 0) is 17.8 Å². The lowest BCUT2D eigenvalue weighted by Crippen LogP contribution is -2.50. The predicted octanol–water partition coefficient (Wildman–Crippen LogP) is 3.50. The largest absolute Gasteiger partial charge is 0.497 e. The highest BCUT2D eigenvalue weighted by Gasteiger charge is 2.36. The van der Waals surface area contributed by atoms with Gasteiger partial charge in [-0.05, 0) is 23.3 Å². The first-order valence-electron chi connectivity index (χ1n) is 9.54. The maximum atomic E-state index is 13.2. The van der Waals surface area contributed by atoms with E-state index in [1.807, 2.05) is 24.3 Å². The molecule has 0 fully saturated rings. The molecular weight excluding hydrogens is 384 g/mol. The maximum absolute atomic E-state index is 13.2. The Morgan fingerprint density at radius 3 is 2.33 bits per heavy atom. The molecule has 30 heavy (non-hydrogen) atoms. The fourth-order valence-electron chi connectivity index (χ4n) is 3.62. The Morgan fingerprint density at radius 2 is 1.70 bits per heavy atom. The van der Waals surface area contributed by atoms with E-state index in [-0.39, 0.29) is 17.6 Å². The number of hydrogen-bond donors (Lipinski definition) is 1. The Kier molecular flexibility index (Phi) is 5.43. The van der Waals surface area contributed by atoms with Crippen molar-refractivity contribution in [2.45, 2.75) is 19.0 Å². The molecule has 1 aliphatic heterocycles. The van der Waals surface area contributed by atoms with E-state index in [9.17, 15) is 9.59 Å². The summed E-state index contributed by atoms with van der Waals surface area (Å²) in [6.45, 7) is 0.329. The van der Waals surface area contributed by atoms with Crippen LogP contribution in [0.4, 0.5) is 5.69 Å². The van der Waals surface area contributed by atoms with Gasteiger partial charge < -0.3 is 24.1 Å². The van der Waals surface area contributed by atoms with Crippen molar-refractivity contribution in [3.63, 3.8) is 0 Å². The monoisotopic (exact) mass is 406 g/mol. The molecule has 2 heterocycles. The number of rotatable bonds is 5. The molecule has 1 aliphatic rings. The summed E-state index contributed by atoms with van der Waals surface area (Å²) >= 11 is 0. The minimum atomic E-state index is -0.685. The van der Waals surface area contributed by atoms with Crippen LogP contribution in [0.25, 0.3) is 0 Å². The molecule has 0 saturated heterocycles. The van der Waals surface area contributed by atoms with Gasteiger partial charge in [-0.15, -0.1) is 0 Å². The molecular formula is C23H22N2O5. The van der Waals surface area contributed by atoms with Crippen molar-refractivity contribution in [3.8, 4) is 11.5 Å². The smallest absolute Gasteiger partial charge is 0.290 e. The van der Waals surface area contributed by atoms with E-state index in [0.29, 0.717) is 30.2 Å². The normalized spacial score (nSPS) is 15.3. The molecule has 1 atom stereocenters. The second-order valence-electron chi connectivity index (χ2n) is 6.99. The summed E-state index contributed by atoms with van der Waals surface area (Å²) in [7, 11) is 3.09. The number of benzene rings is 2. The molecule has 2 aromatic carbocycles. The summed E-state index contributed by atoms with van der Waals surface area (Å²) in [4.78, 5) is 27.8. The van der Waals surface area contributed by atoms with Gasteiger partial charge in [0, 0.05) is 36.9 Å². The minimum Gasteiger partial charge on any atom is -0.497 e. The lowest BCUT2D eigenvalue weighted by molar-refractivity contribution is -0.121. The third-order valence-corrected chi connectivity index (χ3v) is 5.16.